The van der Waals surface area contributed by atoms with Crippen LogP contribution in [0.4, 0.5) is 11.4 Å². The van der Waals surface area contributed by atoms with Gasteiger partial charge >= 0.3 is 0 Å². The van der Waals surface area contributed by atoms with Crippen molar-refractivity contribution in [3.8, 4) is 0 Å². The molecule has 5 rings (SSSR count). The predicted molar refractivity (Wildman–Crippen MR) is 122 cm³/mol. The van der Waals surface area contributed by atoms with Crippen molar-refractivity contribution in [1.29, 1.82) is 0 Å². The summed E-state index contributed by atoms with van der Waals surface area (Å²) >= 11 is 0. The fraction of sp³-hybridized carbons (Fsp3) is 0.0435. The molecule has 3 aromatic rings. The van der Waals surface area contributed by atoms with E-state index in [4.69, 9.17) is 0 Å². The lowest BCUT2D eigenvalue weighted by Crippen LogP contribution is -2.14. The molecule has 1 amide bonds. The number of aromatic nitrogens is 1. The molecule has 0 aliphatic carbocycles. The molecule has 3 N–H and O–H groups in total. The van der Waals surface area contributed by atoms with Gasteiger partial charge in [-0.15, -0.1) is 0 Å². The van der Waals surface area contributed by atoms with Crippen molar-refractivity contribution in [2.45, 2.75) is 5.92 Å². The minimum Gasteiger partial charge on any atom is -0.361 e. The summed E-state index contributed by atoms with van der Waals surface area (Å²) in [5, 5.41) is 7.01. The van der Waals surface area contributed by atoms with E-state index in [1.807, 2.05) is 54.8 Å². The van der Waals surface area contributed by atoms with Crippen molar-refractivity contribution >= 4 is 44.8 Å². The van der Waals surface area contributed by atoms with Crippen LogP contribution in [-0.4, -0.2) is 19.3 Å². The van der Waals surface area contributed by atoms with Crippen LogP contribution in [0.15, 0.2) is 79.2 Å². The minimum absolute atomic E-state index is 0.136. The van der Waals surface area contributed by atoms with Crippen LogP contribution in [-0.2, 0) is 15.7 Å². The average Bonchev–Trinajstić information content (AvgIpc) is 2.92. The molecule has 0 saturated carbocycles. The quantitative estimate of drug-likeness (QED) is 0.476. The first-order chi connectivity index (χ1) is 15.1. The van der Waals surface area contributed by atoms with Gasteiger partial charge in [-0.3, -0.25) is 14.5 Å². The summed E-state index contributed by atoms with van der Waals surface area (Å²) in [7, 11) is -2.83. The Morgan fingerprint density at radius 3 is 2.74 bits per heavy atom. The lowest BCUT2D eigenvalue weighted by atomic mass is 9.88. The van der Waals surface area contributed by atoms with E-state index in [1.165, 1.54) is 0 Å². The number of anilines is 2. The van der Waals surface area contributed by atoms with E-state index in [0.717, 1.165) is 33.5 Å². The highest BCUT2D eigenvalue weighted by molar-refractivity contribution is 7.73. The van der Waals surface area contributed by atoms with Gasteiger partial charge in [-0.1, -0.05) is 42.5 Å². The molecular formula is C23H18N4O3S. The predicted octanol–water partition coefficient (Wildman–Crippen LogP) is 3.27. The molecular weight excluding hydrogens is 412 g/mol. The Kier molecular flexibility index (Phi) is 4.76. The van der Waals surface area contributed by atoms with Crippen LogP contribution in [0.25, 0.3) is 16.6 Å². The first-order valence-electron chi connectivity index (χ1n) is 9.66. The summed E-state index contributed by atoms with van der Waals surface area (Å²) in [4.78, 5) is 17.5. The van der Waals surface area contributed by atoms with Crippen molar-refractivity contribution in [3.05, 3.63) is 95.9 Å². The summed E-state index contributed by atoms with van der Waals surface area (Å²) in [6.07, 6.45) is 11.2. The highest BCUT2D eigenvalue weighted by Gasteiger charge is 2.35. The third kappa shape index (κ3) is 3.36. The van der Waals surface area contributed by atoms with Crippen molar-refractivity contribution in [1.82, 2.24) is 10.3 Å². The maximum Gasteiger partial charge on any atom is 0.236 e. The van der Waals surface area contributed by atoms with E-state index in [1.54, 1.807) is 24.4 Å². The van der Waals surface area contributed by atoms with E-state index in [-0.39, 0.29) is 5.91 Å². The molecule has 31 heavy (non-hydrogen) atoms. The molecule has 0 radical (unpaired) electrons. The number of para-hydroxylation sites is 1. The maximum atomic E-state index is 13.1. The van der Waals surface area contributed by atoms with Crippen LogP contribution < -0.4 is 15.4 Å². The number of nitrogens with zero attached hydrogens (tertiary/aromatic N) is 1. The van der Waals surface area contributed by atoms with E-state index < -0.39 is 16.8 Å². The molecule has 0 fully saturated rings. The largest absolute Gasteiger partial charge is 0.361 e. The topological polar surface area (TPSA) is 100 Å². The molecule has 1 atom stereocenters. The molecule has 3 heterocycles. The van der Waals surface area contributed by atoms with Crippen LogP contribution in [0, 0.1) is 0 Å². The Bertz CT molecular complexity index is 1380. The molecule has 2 aromatic carbocycles. The van der Waals surface area contributed by atoms with Gasteiger partial charge in [0.05, 0.1) is 22.8 Å². The summed E-state index contributed by atoms with van der Waals surface area (Å²) < 4.78 is 24.8. The van der Waals surface area contributed by atoms with Crippen molar-refractivity contribution in [3.63, 3.8) is 0 Å². The highest BCUT2D eigenvalue weighted by atomic mass is 32.2. The second-order valence-corrected chi connectivity index (χ2v) is 7.87. The van der Waals surface area contributed by atoms with Gasteiger partial charge in [0.25, 0.3) is 0 Å². The lowest BCUT2D eigenvalue weighted by Gasteiger charge is -2.15. The van der Waals surface area contributed by atoms with E-state index >= 15 is 0 Å². The number of amides is 1. The van der Waals surface area contributed by atoms with Crippen LogP contribution in [0.2, 0.25) is 0 Å². The Morgan fingerprint density at radius 1 is 0.968 bits per heavy atom. The number of allylic oxidation sites excluding steroid dienone is 4. The number of thiol groups is 1. The van der Waals surface area contributed by atoms with Crippen LogP contribution in [0.1, 0.15) is 22.6 Å². The van der Waals surface area contributed by atoms with Gasteiger partial charge in [0.2, 0.25) is 16.8 Å². The monoisotopic (exact) mass is 430 g/mol. The molecule has 0 bridgehead atoms. The van der Waals surface area contributed by atoms with Gasteiger partial charge in [-0.25, -0.2) is 8.42 Å². The third-order valence-corrected chi connectivity index (χ3v) is 5.78. The highest BCUT2D eigenvalue weighted by Crippen LogP contribution is 2.43. The zero-order valence-corrected chi connectivity index (χ0v) is 17.1. The van der Waals surface area contributed by atoms with Gasteiger partial charge in [0, 0.05) is 29.0 Å². The van der Waals surface area contributed by atoms with E-state index in [9.17, 15) is 13.2 Å². The van der Waals surface area contributed by atoms with Crippen LogP contribution in [0.5, 0.6) is 0 Å². The fourth-order valence-electron chi connectivity index (χ4n) is 4.08. The summed E-state index contributed by atoms with van der Waals surface area (Å²) in [6, 6.07) is 12.9. The number of rotatable bonds is 4. The Labute approximate surface area is 180 Å². The zero-order valence-electron chi connectivity index (χ0n) is 16.2. The number of fused-ring (bicyclic) bond motifs is 2. The molecule has 0 spiro atoms. The molecule has 2 aliphatic heterocycles. The second-order valence-electron chi connectivity index (χ2n) is 7.13. The molecule has 0 saturated heterocycles. The number of pyridine rings is 1. The Morgan fingerprint density at radius 2 is 1.87 bits per heavy atom. The van der Waals surface area contributed by atoms with E-state index in [2.05, 4.69) is 20.3 Å². The van der Waals surface area contributed by atoms with Gasteiger partial charge in [0.1, 0.15) is 0 Å². The normalized spacial score (nSPS) is 17.1. The molecule has 154 valence electrons. The second kappa shape index (κ2) is 7.73. The van der Waals surface area contributed by atoms with Gasteiger partial charge < -0.3 is 10.6 Å². The molecule has 1 unspecified atom stereocenters. The average molecular weight is 430 g/mol. The number of carbonyl (C=O) groups excluding carboxylic acids is 1. The van der Waals surface area contributed by atoms with Gasteiger partial charge in [0.15, 0.2) is 0 Å². The number of carbonyl (C=O) groups is 1. The number of benzene rings is 2. The summed E-state index contributed by atoms with van der Waals surface area (Å²) in [5.41, 5.74) is 5.06. The molecule has 7 nitrogen and oxygen atoms in total. The standard InChI is InChI=1S/C23H18N4O3S/c28-23-20(14-10-11-19(27-31(29)30)22-15(14)8-5-13-25-22)17-7-4-6-16(21(17)26-23)18-9-2-1-3-12-24-18/h1-13,20,24,31H,(H,26,28)(H,27,29,30). The van der Waals surface area contributed by atoms with E-state index in [0.29, 0.717) is 11.2 Å². The van der Waals surface area contributed by atoms with Crippen molar-refractivity contribution in [2.24, 2.45) is 0 Å². The summed E-state index contributed by atoms with van der Waals surface area (Å²) in [6.45, 7) is 0. The zero-order chi connectivity index (χ0) is 21.4. The fourth-order valence-corrected chi connectivity index (χ4v) is 4.46. The molecule has 8 heteroatoms. The van der Waals surface area contributed by atoms with Crippen LogP contribution >= 0.6 is 0 Å². The molecule has 2 aliphatic rings. The molecule has 1 aromatic heterocycles. The Hall–Kier alpha value is -3.91. The maximum absolute atomic E-state index is 13.1. The lowest BCUT2D eigenvalue weighted by molar-refractivity contribution is -0.116. The summed E-state index contributed by atoms with van der Waals surface area (Å²) in [5.74, 6) is -0.669. The number of hydrogen-bond donors (Lipinski definition) is 4. The van der Waals surface area contributed by atoms with Crippen molar-refractivity contribution < 1.29 is 13.2 Å². The first-order valence-corrected chi connectivity index (χ1v) is 10.8. The van der Waals surface area contributed by atoms with Crippen molar-refractivity contribution in [2.75, 3.05) is 10.0 Å². The SMILES string of the molecule is O=C1Nc2c(C3=CC=CC=CN3)cccc2C1c1ccc(N[SH](=O)=O)c2ncccc12. The van der Waals surface area contributed by atoms with Crippen LogP contribution in [0.3, 0.4) is 0 Å². The van der Waals surface area contributed by atoms with Gasteiger partial charge in [-0.2, -0.15) is 0 Å². The minimum atomic E-state index is -2.83. The third-order valence-electron chi connectivity index (χ3n) is 5.35. The Balaban J connectivity index is 1.66. The van der Waals surface area contributed by atoms with Gasteiger partial charge in [-0.05, 0) is 35.4 Å². The number of nitrogens with one attached hydrogen (secondary N) is 3. The smallest absolute Gasteiger partial charge is 0.236 e. The first kappa shape index (κ1) is 19.1. The number of hydrogen-bond acceptors (Lipinski definition) is 5.